The molecule has 142 valence electrons. The van der Waals surface area contributed by atoms with E-state index >= 15 is 0 Å². The lowest BCUT2D eigenvalue weighted by Crippen LogP contribution is -2.21. The zero-order chi connectivity index (χ0) is 19.7. The molecule has 0 saturated heterocycles. The molecule has 0 N–H and O–H groups in total. The number of benzene rings is 2. The van der Waals surface area contributed by atoms with Crippen molar-refractivity contribution in [3.8, 4) is 0 Å². The van der Waals surface area contributed by atoms with E-state index in [2.05, 4.69) is 9.72 Å². The molecule has 0 fully saturated rings. The highest BCUT2D eigenvalue weighted by Crippen LogP contribution is 2.17. The van der Waals surface area contributed by atoms with Gasteiger partial charge in [0.15, 0.2) is 0 Å². The van der Waals surface area contributed by atoms with Crippen LogP contribution in [0.3, 0.4) is 0 Å². The second-order valence-corrected chi connectivity index (χ2v) is 6.59. The predicted octanol–water partition coefficient (Wildman–Crippen LogP) is 2.49. The molecule has 0 bridgehead atoms. The van der Waals surface area contributed by atoms with Gasteiger partial charge in [-0.15, -0.1) is 0 Å². The Morgan fingerprint density at radius 1 is 1.11 bits per heavy atom. The molecule has 4 rings (SSSR count). The number of aromatic nitrogens is 2. The van der Waals surface area contributed by atoms with E-state index in [0.29, 0.717) is 34.1 Å². The van der Waals surface area contributed by atoms with Gasteiger partial charge in [0.2, 0.25) is 0 Å². The topological polar surface area (TPSA) is 87.5 Å². The first-order valence-corrected chi connectivity index (χ1v) is 8.94. The first kappa shape index (κ1) is 17.9. The van der Waals surface area contributed by atoms with Crippen molar-refractivity contribution in [2.45, 2.75) is 26.0 Å². The smallest absolute Gasteiger partial charge is 0.338 e. The highest BCUT2D eigenvalue weighted by atomic mass is 16.5. The zero-order valence-corrected chi connectivity index (χ0v) is 15.3. The minimum Gasteiger partial charge on any atom is -0.465 e. The van der Waals surface area contributed by atoms with E-state index in [4.69, 9.17) is 4.74 Å². The SMILES string of the molecule is COC(=O)c1cccc(COC(=O)c2ccc3c(=O)n4c(nc3c2)CCC4)c1. The van der Waals surface area contributed by atoms with Crippen LogP contribution < -0.4 is 5.56 Å². The summed E-state index contributed by atoms with van der Waals surface area (Å²) < 4.78 is 11.7. The Labute approximate surface area is 160 Å². The average molecular weight is 378 g/mol. The summed E-state index contributed by atoms with van der Waals surface area (Å²) in [6, 6.07) is 11.5. The molecule has 3 aromatic rings. The number of nitrogens with zero attached hydrogens (tertiary/aromatic N) is 2. The van der Waals surface area contributed by atoms with E-state index in [-0.39, 0.29) is 12.2 Å². The monoisotopic (exact) mass is 378 g/mol. The fourth-order valence-electron chi connectivity index (χ4n) is 3.35. The third-order valence-corrected chi connectivity index (χ3v) is 4.77. The maximum atomic E-state index is 12.5. The third-order valence-electron chi connectivity index (χ3n) is 4.77. The molecule has 2 aromatic carbocycles. The lowest BCUT2D eigenvalue weighted by Gasteiger charge is -2.08. The van der Waals surface area contributed by atoms with Crippen LogP contribution in [0, 0.1) is 0 Å². The second-order valence-electron chi connectivity index (χ2n) is 6.59. The van der Waals surface area contributed by atoms with Crippen LogP contribution in [0.5, 0.6) is 0 Å². The number of esters is 2. The molecule has 0 spiro atoms. The molecule has 0 amide bonds. The molecule has 0 radical (unpaired) electrons. The maximum absolute atomic E-state index is 12.5. The number of hydrogen-bond donors (Lipinski definition) is 0. The van der Waals surface area contributed by atoms with E-state index in [0.717, 1.165) is 18.7 Å². The molecule has 2 heterocycles. The minimum atomic E-state index is -0.521. The van der Waals surface area contributed by atoms with Crippen molar-refractivity contribution >= 4 is 22.8 Å². The maximum Gasteiger partial charge on any atom is 0.338 e. The van der Waals surface area contributed by atoms with Crippen LogP contribution in [0.4, 0.5) is 0 Å². The molecule has 0 aliphatic carbocycles. The van der Waals surface area contributed by atoms with E-state index in [1.807, 2.05) is 0 Å². The van der Waals surface area contributed by atoms with Crippen molar-refractivity contribution in [3.05, 3.63) is 75.3 Å². The van der Waals surface area contributed by atoms with E-state index in [1.54, 1.807) is 47.0 Å². The van der Waals surface area contributed by atoms with Crippen LogP contribution in [-0.2, 0) is 29.0 Å². The number of carbonyl (C=O) groups is 2. The number of carbonyl (C=O) groups excluding carboxylic acids is 2. The summed E-state index contributed by atoms with van der Waals surface area (Å²) in [6.45, 7) is 0.702. The van der Waals surface area contributed by atoms with Gasteiger partial charge in [0, 0.05) is 13.0 Å². The summed E-state index contributed by atoms with van der Waals surface area (Å²) >= 11 is 0. The number of hydrogen-bond acceptors (Lipinski definition) is 6. The molecule has 1 aromatic heterocycles. The Kier molecular flexibility index (Phi) is 4.65. The highest BCUT2D eigenvalue weighted by Gasteiger charge is 2.17. The first-order valence-electron chi connectivity index (χ1n) is 8.94. The van der Waals surface area contributed by atoms with Gasteiger partial charge in [-0.05, 0) is 42.3 Å². The van der Waals surface area contributed by atoms with E-state index in [9.17, 15) is 14.4 Å². The zero-order valence-electron chi connectivity index (χ0n) is 15.3. The van der Waals surface area contributed by atoms with Crippen LogP contribution in [0.15, 0.2) is 47.3 Å². The molecular formula is C21H18N2O5. The largest absolute Gasteiger partial charge is 0.465 e. The van der Waals surface area contributed by atoms with Gasteiger partial charge in [-0.25, -0.2) is 14.6 Å². The summed E-state index contributed by atoms with van der Waals surface area (Å²) in [5.41, 5.74) is 1.82. The van der Waals surface area contributed by atoms with Crippen molar-refractivity contribution in [1.29, 1.82) is 0 Å². The minimum absolute atomic E-state index is 0.0159. The van der Waals surface area contributed by atoms with Gasteiger partial charge < -0.3 is 9.47 Å². The van der Waals surface area contributed by atoms with Crippen molar-refractivity contribution < 1.29 is 19.1 Å². The summed E-state index contributed by atoms with van der Waals surface area (Å²) in [5, 5.41) is 0.493. The Bertz CT molecular complexity index is 1150. The van der Waals surface area contributed by atoms with Crippen molar-refractivity contribution in [3.63, 3.8) is 0 Å². The molecule has 0 saturated carbocycles. The fourth-order valence-corrected chi connectivity index (χ4v) is 3.35. The van der Waals surface area contributed by atoms with Crippen LogP contribution in [0.2, 0.25) is 0 Å². The number of rotatable bonds is 4. The third kappa shape index (κ3) is 3.26. The molecule has 7 nitrogen and oxygen atoms in total. The van der Waals surface area contributed by atoms with Gasteiger partial charge in [0.05, 0.1) is 29.1 Å². The number of ether oxygens (including phenoxy) is 2. The predicted molar refractivity (Wildman–Crippen MR) is 101 cm³/mol. The van der Waals surface area contributed by atoms with Gasteiger partial charge in [0.25, 0.3) is 5.56 Å². The van der Waals surface area contributed by atoms with Crippen LogP contribution in [-0.4, -0.2) is 28.6 Å². The standard InChI is InChI=1S/C21H18N2O5/c1-27-20(25)14-5-2-4-13(10-14)12-28-21(26)15-7-8-16-17(11-15)22-18-6-3-9-23(18)19(16)24/h2,4-5,7-8,10-11H,3,6,9,12H2,1H3. The summed E-state index contributed by atoms with van der Waals surface area (Å²) in [6.07, 6.45) is 1.66. The Hall–Kier alpha value is -3.48. The lowest BCUT2D eigenvalue weighted by atomic mass is 10.1. The van der Waals surface area contributed by atoms with Crippen molar-refractivity contribution in [2.75, 3.05) is 7.11 Å². The van der Waals surface area contributed by atoms with Gasteiger partial charge in [-0.2, -0.15) is 0 Å². The molecule has 0 unspecified atom stereocenters. The van der Waals surface area contributed by atoms with Crippen molar-refractivity contribution in [2.24, 2.45) is 0 Å². The van der Waals surface area contributed by atoms with Gasteiger partial charge in [0.1, 0.15) is 12.4 Å². The summed E-state index contributed by atoms with van der Waals surface area (Å²) in [4.78, 5) is 41.0. The number of fused-ring (bicyclic) bond motifs is 2. The lowest BCUT2D eigenvalue weighted by molar-refractivity contribution is 0.0473. The molecule has 28 heavy (non-hydrogen) atoms. The normalized spacial score (nSPS) is 12.6. The molecule has 7 heteroatoms. The average Bonchev–Trinajstić information content (AvgIpc) is 3.20. The Morgan fingerprint density at radius 2 is 1.93 bits per heavy atom. The Balaban J connectivity index is 1.54. The van der Waals surface area contributed by atoms with Gasteiger partial charge in [-0.1, -0.05) is 12.1 Å². The summed E-state index contributed by atoms with van der Waals surface area (Å²) in [7, 11) is 1.31. The van der Waals surface area contributed by atoms with Crippen molar-refractivity contribution in [1.82, 2.24) is 9.55 Å². The van der Waals surface area contributed by atoms with Crippen LogP contribution in [0.1, 0.15) is 38.5 Å². The highest BCUT2D eigenvalue weighted by molar-refractivity contribution is 5.94. The Morgan fingerprint density at radius 3 is 2.75 bits per heavy atom. The quantitative estimate of drug-likeness (QED) is 0.648. The summed E-state index contributed by atoms with van der Waals surface area (Å²) in [5.74, 6) is -0.219. The fraction of sp³-hybridized carbons (Fsp3) is 0.238. The van der Waals surface area contributed by atoms with Crippen LogP contribution in [0.25, 0.3) is 10.9 Å². The van der Waals surface area contributed by atoms with E-state index in [1.165, 1.54) is 7.11 Å². The van der Waals surface area contributed by atoms with E-state index < -0.39 is 11.9 Å². The first-order chi connectivity index (χ1) is 13.6. The van der Waals surface area contributed by atoms with Gasteiger partial charge >= 0.3 is 11.9 Å². The second kappa shape index (κ2) is 7.26. The number of methoxy groups -OCH3 is 1. The molecule has 1 aliphatic rings. The number of aryl methyl sites for hydroxylation is 1. The molecule has 1 aliphatic heterocycles. The molecular weight excluding hydrogens is 360 g/mol. The molecule has 0 atom stereocenters. The van der Waals surface area contributed by atoms with Crippen LogP contribution >= 0.6 is 0 Å². The van der Waals surface area contributed by atoms with Gasteiger partial charge in [-0.3, -0.25) is 9.36 Å².